The van der Waals surface area contributed by atoms with Crippen molar-refractivity contribution in [3.05, 3.63) is 23.4 Å². The average molecular weight is 278 g/mol. The molecule has 0 amide bonds. The molecule has 0 spiro atoms. The lowest BCUT2D eigenvalue weighted by Crippen LogP contribution is -2.17. The summed E-state index contributed by atoms with van der Waals surface area (Å²) in [5, 5.41) is 3.35. The molecule has 1 N–H and O–H groups in total. The molecule has 20 heavy (non-hydrogen) atoms. The zero-order valence-electron chi connectivity index (χ0n) is 12.8. The van der Waals surface area contributed by atoms with E-state index in [0.717, 1.165) is 44.1 Å². The molecule has 4 heteroatoms. The number of aromatic nitrogens is 1. The van der Waals surface area contributed by atoms with E-state index in [1.54, 1.807) is 0 Å². The first-order chi connectivity index (χ1) is 9.69. The van der Waals surface area contributed by atoms with E-state index in [1.807, 2.05) is 6.07 Å². The standard InChI is InChI=1S/C16H26N2O2/c1-4-17-10-13-8-15(12(2)3)18-16(9-13)20-11-14-6-5-7-19-14/h8-9,12,14,17H,4-7,10-11H2,1-3H3. The van der Waals surface area contributed by atoms with Gasteiger partial charge in [0.05, 0.1) is 6.10 Å². The molecule has 0 radical (unpaired) electrons. The zero-order chi connectivity index (χ0) is 14.4. The molecule has 1 aliphatic rings. The van der Waals surface area contributed by atoms with E-state index in [1.165, 1.54) is 5.56 Å². The molecule has 1 atom stereocenters. The van der Waals surface area contributed by atoms with Gasteiger partial charge in [-0.15, -0.1) is 0 Å². The Morgan fingerprint density at radius 3 is 2.95 bits per heavy atom. The highest BCUT2D eigenvalue weighted by Crippen LogP contribution is 2.20. The highest BCUT2D eigenvalue weighted by molar-refractivity contribution is 5.26. The molecule has 0 bridgehead atoms. The van der Waals surface area contributed by atoms with Crippen molar-refractivity contribution in [2.45, 2.75) is 52.2 Å². The summed E-state index contributed by atoms with van der Waals surface area (Å²) in [7, 11) is 0. The molecule has 1 unspecified atom stereocenters. The van der Waals surface area contributed by atoms with Crippen LogP contribution in [0.25, 0.3) is 0 Å². The quantitative estimate of drug-likeness (QED) is 0.833. The van der Waals surface area contributed by atoms with Crippen molar-refractivity contribution < 1.29 is 9.47 Å². The summed E-state index contributed by atoms with van der Waals surface area (Å²) in [6.45, 7) is 9.71. The molecule has 1 aromatic rings. The molecular weight excluding hydrogens is 252 g/mol. The maximum absolute atomic E-state index is 5.84. The summed E-state index contributed by atoms with van der Waals surface area (Å²) in [6, 6.07) is 4.19. The average Bonchev–Trinajstić information content (AvgIpc) is 2.96. The number of pyridine rings is 1. The normalized spacial score (nSPS) is 18.7. The van der Waals surface area contributed by atoms with Gasteiger partial charge in [0.1, 0.15) is 6.61 Å². The van der Waals surface area contributed by atoms with E-state index < -0.39 is 0 Å². The van der Waals surface area contributed by atoms with Crippen molar-refractivity contribution in [1.29, 1.82) is 0 Å². The minimum atomic E-state index is 0.233. The molecule has 0 aromatic carbocycles. The Morgan fingerprint density at radius 2 is 2.30 bits per heavy atom. The Morgan fingerprint density at radius 1 is 1.45 bits per heavy atom. The molecule has 0 aliphatic carbocycles. The van der Waals surface area contributed by atoms with Crippen LogP contribution in [-0.2, 0) is 11.3 Å². The van der Waals surface area contributed by atoms with E-state index in [2.05, 4.69) is 37.1 Å². The third-order valence-electron chi connectivity index (χ3n) is 3.49. The summed E-state index contributed by atoms with van der Waals surface area (Å²) in [5.41, 5.74) is 2.32. The molecule has 1 aliphatic heterocycles. The van der Waals surface area contributed by atoms with Crippen LogP contribution in [0.4, 0.5) is 0 Å². The van der Waals surface area contributed by atoms with Gasteiger partial charge in [0.15, 0.2) is 0 Å². The van der Waals surface area contributed by atoms with Gasteiger partial charge in [-0.3, -0.25) is 0 Å². The van der Waals surface area contributed by atoms with Crippen molar-refractivity contribution in [3.63, 3.8) is 0 Å². The topological polar surface area (TPSA) is 43.4 Å². The summed E-state index contributed by atoms with van der Waals surface area (Å²) in [6.07, 6.45) is 2.46. The van der Waals surface area contributed by atoms with Crippen LogP contribution in [0.5, 0.6) is 5.88 Å². The largest absolute Gasteiger partial charge is 0.475 e. The van der Waals surface area contributed by atoms with Crippen LogP contribution in [0.3, 0.4) is 0 Å². The van der Waals surface area contributed by atoms with Gasteiger partial charge in [0.25, 0.3) is 0 Å². The van der Waals surface area contributed by atoms with Gasteiger partial charge in [-0.05, 0) is 36.9 Å². The lowest BCUT2D eigenvalue weighted by molar-refractivity contribution is 0.0662. The van der Waals surface area contributed by atoms with Gasteiger partial charge in [0.2, 0.25) is 5.88 Å². The number of nitrogens with one attached hydrogen (secondary N) is 1. The zero-order valence-corrected chi connectivity index (χ0v) is 12.8. The molecule has 1 aromatic heterocycles. The van der Waals surface area contributed by atoms with Crippen molar-refractivity contribution in [2.75, 3.05) is 19.8 Å². The Bertz CT molecular complexity index is 415. The molecule has 4 nitrogen and oxygen atoms in total. The van der Waals surface area contributed by atoms with E-state index in [4.69, 9.17) is 9.47 Å². The first kappa shape index (κ1) is 15.3. The summed E-state index contributed by atoms with van der Waals surface area (Å²) in [4.78, 5) is 4.60. The molecule has 2 heterocycles. The van der Waals surface area contributed by atoms with Crippen molar-refractivity contribution >= 4 is 0 Å². The fraction of sp³-hybridized carbons (Fsp3) is 0.688. The third kappa shape index (κ3) is 4.46. The van der Waals surface area contributed by atoms with E-state index in [-0.39, 0.29) is 6.10 Å². The van der Waals surface area contributed by atoms with Crippen LogP contribution < -0.4 is 10.1 Å². The molecule has 2 rings (SSSR count). The number of nitrogens with zero attached hydrogens (tertiary/aromatic N) is 1. The van der Waals surface area contributed by atoms with Crippen LogP contribution in [0, 0.1) is 0 Å². The van der Waals surface area contributed by atoms with Gasteiger partial charge in [-0.1, -0.05) is 20.8 Å². The Kier molecular flexibility index (Phi) is 5.80. The Labute approximate surface area is 121 Å². The van der Waals surface area contributed by atoms with E-state index >= 15 is 0 Å². The second-order valence-electron chi connectivity index (χ2n) is 5.62. The van der Waals surface area contributed by atoms with Crippen LogP contribution in [-0.4, -0.2) is 30.8 Å². The summed E-state index contributed by atoms with van der Waals surface area (Å²) < 4.78 is 11.4. The lowest BCUT2D eigenvalue weighted by Gasteiger charge is -2.14. The van der Waals surface area contributed by atoms with Crippen molar-refractivity contribution in [2.24, 2.45) is 0 Å². The van der Waals surface area contributed by atoms with Crippen molar-refractivity contribution in [1.82, 2.24) is 10.3 Å². The van der Waals surface area contributed by atoms with Crippen LogP contribution in [0.2, 0.25) is 0 Å². The minimum Gasteiger partial charge on any atom is -0.475 e. The molecule has 0 saturated carbocycles. The van der Waals surface area contributed by atoms with Gasteiger partial charge in [-0.25, -0.2) is 4.98 Å². The van der Waals surface area contributed by atoms with E-state index in [0.29, 0.717) is 12.5 Å². The number of ether oxygens (including phenoxy) is 2. The maximum atomic E-state index is 5.84. The van der Waals surface area contributed by atoms with Gasteiger partial charge >= 0.3 is 0 Å². The molecule has 112 valence electrons. The predicted molar refractivity (Wildman–Crippen MR) is 80.2 cm³/mol. The number of hydrogen-bond acceptors (Lipinski definition) is 4. The monoisotopic (exact) mass is 278 g/mol. The highest BCUT2D eigenvalue weighted by Gasteiger charge is 2.16. The Balaban J connectivity index is 2.02. The van der Waals surface area contributed by atoms with Gasteiger partial charge in [-0.2, -0.15) is 0 Å². The molecular formula is C16H26N2O2. The van der Waals surface area contributed by atoms with Gasteiger partial charge in [0, 0.05) is 24.9 Å². The second kappa shape index (κ2) is 7.60. The van der Waals surface area contributed by atoms with Gasteiger partial charge < -0.3 is 14.8 Å². The fourth-order valence-corrected chi connectivity index (χ4v) is 2.28. The third-order valence-corrected chi connectivity index (χ3v) is 3.49. The predicted octanol–water partition coefficient (Wildman–Crippen LogP) is 2.87. The lowest BCUT2D eigenvalue weighted by atomic mass is 10.1. The summed E-state index contributed by atoms with van der Waals surface area (Å²) in [5.74, 6) is 1.13. The van der Waals surface area contributed by atoms with E-state index in [9.17, 15) is 0 Å². The summed E-state index contributed by atoms with van der Waals surface area (Å²) >= 11 is 0. The maximum Gasteiger partial charge on any atom is 0.213 e. The van der Waals surface area contributed by atoms with Crippen LogP contribution in [0.1, 0.15) is 50.8 Å². The minimum absolute atomic E-state index is 0.233. The fourth-order valence-electron chi connectivity index (χ4n) is 2.28. The first-order valence-electron chi connectivity index (χ1n) is 7.65. The Hall–Kier alpha value is -1.13. The number of rotatable bonds is 7. The SMILES string of the molecule is CCNCc1cc(OCC2CCCO2)nc(C(C)C)c1. The first-order valence-corrected chi connectivity index (χ1v) is 7.65. The second-order valence-corrected chi connectivity index (χ2v) is 5.62. The molecule has 1 saturated heterocycles. The van der Waals surface area contributed by atoms with Crippen LogP contribution >= 0.6 is 0 Å². The highest BCUT2D eigenvalue weighted by atomic mass is 16.5. The molecule has 1 fully saturated rings. The van der Waals surface area contributed by atoms with Crippen molar-refractivity contribution in [3.8, 4) is 5.88 Å². The van der Waals surface area contributed by atoms with Crippen LogP contribution in [0.15, 0.2) is 12.1 Å². The number of hydrogen-bond donors (Lipinski definition) is 1. The smallest absolute Gasteiger partial charge is 0.213 e.